The SMILES string of the molecule is CCCOC(=O)CCCC(=O)[O-].[Cu+2]. The van der Waals surface area contributed by atoms with Crippen LogP contribution in [0.5, 0.6) is 0 Å². The molecule has 0 atom stereocenters. The van der Waals surface area contributed by atoms with E-state index in [1.807, 2.05) is 6.92 Å². The van der Waals surface area contributed by atoms with Gasteiger partial charge in [-0.05, 0) is 19.3 Å². The quantitative estimate of drug-likeness (QED) is 0.476. The maximum absolute atomic E-state index is 10.7. The number of hydrogen-bond acceptors (Lipinski definition) is 4. The van der Waals surface area contributed by atoms with Crippen LogP contribution in [0.25, 0.3) is 0 Å². The van der Waals surface area contributed by atoms with Crippen LogP contribution in [0.3, 0.4) is 0 Å². The number of aliphatic carboxylic acids is 1. The number of carboxylic acids is 1. The zero-order chi connectivity index (χ0) is 9.40. The number of hydrogen-bond donors (Lipinski definition) is 0. The smallest absolute Gasteiger partial charge is 0.550 e. The van der Waals surface area contributed by atoms with Gasteiger partial charge in [0.25, 0.3) is 0 Å². The van der Waals surface area contributed by atoms with E-state index in [4.69, 9.17) is 4.74 Å². The van der Waals surface area contributed by atoms with Crippen molar-refractivity contribution in [2.75, 3.05) is 6.61 Å². The summed E-state index contributed by atoms with van der Waals surface area (Å²) < 4.78 is 4.72. The second-order valence-corrected chi connectivity index (χ2v) is 2.45. The van der Waals surface area contributed by atoms with Gasteiger partial charge in [-0.2, -0.15) is 0 Å². The monoisotopic (exact) mass is 236 g/mol. The Kier molecular flexibility index (Phi) is 11.0. The predicted molar refractivity (Wildman–Crippen MR) is 40.1 cm³/mol. The van der Waals surface area contributed by atoms with Crippen LogP contribution in [0, 0.1) is 0 Å². The molecule has 0 rings (SSSR count). The summed E-state index contributed by atoms with van der Waals surface area (Å²) in [5.41, 5.74) is 0. The molecule has 0 bridgehead atoms. The van der Waals surface area contributed by atoms with Crippen molar-refractivity contribution in [3.8, 4) is 0 Å². The van der Waals surface area contributed by atoms with Gasteiger partial charge >= 0.3 is 23.0 Å². The van der Waals surface area contributed by atoms with E-state index in [1.54, 1.807) is 0 Å². The molecule has 0 saturated carbocycles. The summed E-state index contributed by atoms with van der Waals surface area (Å²) in [5, 5.41) is 9.93. The zero-order valence-electron chi connectivity index (χ0n) is 7.47. The van der Waals surface area contributed by atoms with E-state index in [0.717, 1.165) is 6.42 Å². The molecule has 0 aromatic rings. The molecule has 0 N–H and O–H groups in total. The fourth-order valence-corrected chi connectivity index (χ4v) is 0.665. The van der Waals surface area contributed by atoms with E-state index in [9.17, 15) is 14.7 Å². The summed E-state index contributed by atoms with van der Waals surface area (Å²) >= 11 is 0. The van der Waals surface area contributed by atoms with Crippen LogP contribution in [0.2, 0.25) is 0 Å². The molecule has 5 heteroatoms. The van der Waals surface area contributed by atoms with E-state index in [-0.39, 0.29) is 35.9 Å². The van der Waals surface area contributed by atoms with Gasteiger partial charge in [-0.15, -0.1) is 0 Å². The molecule has 0 amide bonds. The molecular formula is C8H13CuO4+. The fourth-order valence-electron chi connectivity index (χ4n) is 0.665. The van der Waals surface area contributed by atoms with E-state index in [2.05, 4.69) is 0 Å². The van der Waals surface area contributed by atoms with Crippen molar-refractivity contribution in [3.63, 3.8) is 0 Å². The maximum atomic E-state index is 10.7. The molecular weight excluding hydrogens is 224 g/mol. The molecule has 0 aliphatic carbocycles. The van der Waals surface area contributed by atoms with Crippen molar-refractivity contribution < 1.29 is 36.5 Å². The van der Waals surface area contributed by atoms with Crippen LogP contribution in [-0.4, -0.2) is 18.5 Å². The number of esters is 1. The summed E-state index contributed by atoms with van der Waals surface area (Å²) in [6, 6.07) is 0. The van der Waals surface area contributed by atoms with Gasteiger partial charge in [-0.1, -0.05) is 6.92 Å². The third kappa shape index (κ3) is 11.5. The standard InChI is InChI=1S/C8H14O4.Cu/c1-2-6-12-8(11)5-3-4-7(9)10;/h2-6H2,1H3,(H,9,10);/q;+2/p-1. The molecule has 0 fully saturated rings. The van der Waals surface area contributed by atoms with E-state index >= 15 is 0 Å². The molecule has 0 saturated heterocycles. The van der Waals surface area contributed by atoms with Gasteiger partial charge in [0.15, 0.2) is 0 Å². The fraction of sp³-hybridized carbons (Fsp3) is 0.750. The van der Waals surface area contributed by atoms with Gasteiger partial charge in [-0.3, -0.25) is 4.79 Å². The summed E-state index contributed by atoms with van der Waals surface area (Å²) in [6.45, 7) is 2.30. The average molecular weight is 237 g/mol. The Morgan fingerprint density at radius 1 is 1.31 bits per heavy atom. The Morgan fingerprint density at radius 3 is 2.38 bits per heavy atom. The molecule has 0 aromatic heterocycles. The first kappa shape index (κ1) is 15.0. The Morgan fingerprint density at radius 2 is 1.92 bits per heavy atom. The summed E-state index contributed by atoms with van der Waals surface area (Å²) in [6.07, 6.45) is 1.16. The van der Waals surface area contributed by atoms with Crippen molar-refractivity contribution in [3.05, 3.63) is 0 Å². The molecule has 0 spiro atoms. The third-order valence-electron chi connectivity index (χ3n) is 1.23. The summed E-state index contributed by atoms with van der Waals surface area (Å²) in [4.78, 5) is 20.7. The van der Waals surface area contributed by atoms with E-state index in [0.29, 0.717) is 13.0 Å². The third-order valence-corrected chi connectivity index (χ3v) is 1.23. The number of carboxylic acid groups (broad SMARTS) is 1. The first-order valence-electron chi connectivity index (χ1n) is 4.02. The Bertz CT molecular complexity index is 158. The molecule has 0 aliphatic rings. The normalized spacial score (nSPS) is 8.69. The minimum atomic E-state index is -1.13. The van der Waals surface area contributed by atoms with E-state index < -0.39 is 5.97 Å². The van der Waals surface area contributed by atoms with Crippen LogP contribution >= 0.6 is 0 Å². The van der Waals surface area contributed by atoms with E-state index in [1.165, 1.54) is 0 Å². The topological polar surface area (TPSA) is 66.4 Å². The van der Waals surface area contributed by atoms with Crippen molar-refractivity contribution >= 4 is 11.9 Å². The molecule has 0 unspecified atom stereocenters. The van der Waals surface area contributed by atoms with Crippen LogP contribution in [0.4, 0.5) is 0 Å². The van der Waals surface area contributed by atoms with Crippen LogP contribution in [0.15, 0.2) is 0 Å². The van der Waals surface area contributed by atoms with Crippen LogP contribution < -0.4 is 5.11 Å². The van der Waals surface area contributed by atoms with Crippen molar-refractivity contribution in [1.29, 1.82) is 0 Å². The molecule has 79 valence electrons. The van der Waals surface area contributed by atoms with Gasteiger partial charge in [-0.25, -0.2) is 0 Å². The summed E-state index contributed by atoms with van der Waals surface area (Å²) in [5.74, 6) is -1.46. The van der Waals surface area contributed by atoms with Gasteiger partial charge in [0.2, 0.25) is 0 Å². The number of carbonyl (C=O) groups is 2. The zero-order valence-corrected chi connectivity index (χ0v) is 8.41. The van der Waals surface area contributed by atoms with Crippen molar-refractivity contribution in [2.45, 2.75) is 32.6 Å². The summed E-state index contributed by atoms with van der Waals surface area (Å²) in [7, 11) is 0. The van der Waals surface area contributed by atoms with Crippen LogP contribution in [-0.2, 0) is 31.4 Å². The molecule has 4 nitrogen and oxygen atoms in total. The largest absolute Gasteiger partial charge is 2.00 e. The minimum Gasteiger partial charge on any atom is -0.550 e. The van der Waals surface area contributed by atoms with Crippen molar-refractivity contribution in [2.24, 2.45) is 0 Å². The van der Waals surface area contributed by atoms with Gasteiger partial charge < -0.3 is 14.6 Å². The number of rotatable bonds is 6. The minimum absolute atomic E-state index is 0. The number of ether oxygens (including phenoxy) is 1. The second kappa shape index (κ2) is 9.55. The predicted octanol–water partition coefficient (Wildman–Crippen LogP) is -0.143. The Labute approximate surface area is 88.1 Å². The molecule has 0 aromatic carbocycles. The Hall–Kier alpha value is -0.541. The molecule has 0 heterocycles. The molecule has 1 radical (unpaired) electrons. The second-order valence-electron chi connectivity index (χ2n) is 2.45. The first-order valence-corrected chi connectivity index (χ1v) is 4.02. The molecule has 0 aliphatic heterocycles. The van der Waals surface area contributed by atoms with Crippen LogP contribution in [0.1, 0.15) is 32.6 Å². The van der Waals surface area contributed by atoms with Gasteiger partial charge in [0.05, 0.1) is 6.61 Å². The number of carbonyl (C=O) groups excluding carboxylic acids is 2. The van der Waals surface area contributed by atoms with Gasteiger partial charge in [0, 0.05) is 12.4 Å². The van der Waals surface area contributed by atoms with Gasteiger partial charge in [0.1, 0.15) is 0 Å². The van der Waals surface area contributed by atoms with Crippen molar-refractivity contribution in [1.82, 2.24) is 0 Å². The Balaban J connectivity index is 0. The molecule has 13 heavy (non-hydrogen) atoms. The first-order chi connectivity index (χ1) is 5.66. The maximum Gasteiger partial charge on any atom is 2.00 e. The average Bonchev–Trinajstić information content (AvgIpc) is 2.00.